The number of para-hydroxylation sites is 2. The van der Waals surface area contributed by atoms with Crippen LogP contribution < -0.4 is 21.2 Å². The van der Waals surface area contributed by atoms with Crippen LogP contribution in [0.1, 0.15) is 12.5 Å². The molecule has 6 nitrogen and oxygen atoms in total. The first-order valence-electron chi connectivity index (χ1n) is 10.5. The Kier molecular flexibility index (Phi) is 6.47. The standard InChI is InChI=1S/C26H22NOP.H2O4S/c1-26(22-16-8-10-18-24(22)28)27-23-17-9-11-19-25(23)29(26,20-12-4-2-5-13-20)21-14-6-3-7-15-21;1-5(2,3)4/h2-19,27H,1H3;(H2,1,2,3,4). The molecule has 0 radical (unpaired) electrons. The lowest BCUT2D eigenvalue weighted by Gasteiger charge is -2.37. The molecular weight excluding hydrogens is 469 g/mol. The summed E-state index contributed by atoms with van der Waals surface area (Å²) in [5.74, 6) is 0.326. The maximum atomic E-state index is 10.9. The Hall–Kier alpha value is -3.22. The predicted molar refractivity (Wildman–Crippen MR) is 137 cm³/mol. The van der Waals surface area contributed by atoms with Crippen LogP contribution in [0.2, 0.25) is 0 Å². The first-order valence-corrected chi connectivity index (χ1v) is 13.7. The molecule has 0 aliphatic carbocycles. The fourth-order valence-corrected chi connectivity index (χ4v) is 10.1. The van der Waals surface area contributed by atoms with Crippen LogP contribution in [0.5, 0.6) is 5.75 Å². The van der Waals surface area contributed by atoms with Crippen LogP contribution in [0.4, 0.5) is 5.69 Å². The van der Waals surface area contributed by atoms with E-state index in [2.05, 4.69) is 103 Å². The molecule has 0 spiro atoms. The van der Waals surface area contributed by atoms with Crippen LogP contribution >= 0.6 is 7.26 Å². The highest BCUT2D eigenvalue weighted by atomic mass is 32.3. The van der Waals surface area contributed by atoms with E-state index in [0.717, 1.165) is 11.3 Å². The second kappa shape index (κ2) is 9.20. The molecule has 1 heterocycles. The van der Waals surface area contributed by atoms with E-state index in [-0.39, 0.29) is 0 Å². The zero-order chi connectivity index (χ0) is 24.4. The van der Waals surface area contributed by atoms with Crippen molar-refractivity contribution in [2.75, 3.05) is 5.32 Å². The van der Waals surface area contributed by atoms with Crippen molar-refractivity contribution in [2.45, 2.75) is 12.2 Å². The van der Waals surface area contributed by atoms with Gasteiger partial charge in [-0.1, -0.05) is 60.7 Å². The number of rotatable bonds is 3. The van der Waals surface area contributed by atoms with Gasteiger partial charge in [-0.25, -0.2) is 8.42 Å². The third-order valence-electron chi connectivity index (χ3n) is 6.03. The molecule has 1 unspecified atom stereocenters. The van der Waals surface area contributed by atoms with Crippen molar-refractivity contribution in [3.05, 3.63) is 115 Å². The number of phenols is 1. The minimum absolute atomic E-state index is 0.326. The van der Waals surface area contributed by atoms with Gasteiger partial charge in [0.25, 0.3) is 0 Å². The van der Waals surface area contributed by atoms with E-state index >= 15 is 0 Å². The predicted octanol–water partition coefficient (Wildman–Crippen LogP) is 3.99. The number of hydrogen-bond donors (Lipinski definition) is 3. The quantitative estimate of drug-likeness (QED) is 0.226. The van der Waals surface area contributed by atoms with Crippen LogP contribution in [0.25, 0.3) is 0 Å². The molecule has 0 amide bonds. The van der Waals surface area contributed by atoms with Gasteiger partial charge < -0.3 is 15.0 Å². The first kappa shape index (κ1) is 23.9. The van der Waals surface area contributed by atoms with Crippen molar-refractivity contribution in [3.63, 3.8) is 0 Å². The Morgan fingerprint density at radius 1 is 0.765 bits per heavy atom. The SMILES string of the molecule is CC1(c2ccccc2O)Nc2ccccc2[P+]1(c1ccccc1)c1ccccc1.O=S(=O)([O-])O. The number of fused-ring (bicyclic) bond motifs is 1. The van der Waals surface area contributed by atoms with Gasteiger partial charge >= 0.3 is 0 Å². The molecule has 4 aromatic rings. The molecule has 8 heteroatoms. The molecule has 0 saturated carbocycles. The largest absolute Gasteiger partial charge is 0.726 e. The van der Waals surface area contributed by atoms with Crippen LogP contribution in [-0.2, 0) is 15.7 Å². The Balaban J connectivity index is 0.000000499. The van der Waals surface area contributed by atoms with Crippen molar-refractivity contribution in [1.29, 1.82) is 0 Å². The smallest absolute Gasteiger partial charge is 0.215 e. The highest BCUT2D eigenvalue weighted by molar-refractivity contribution is 7.97. The van der Waals surface area contributed by atoms with Gasteiger partial charge in [-0.05, 0) is 55.5 Å². The number of nitrogens with one attached hydrogen (secondary N) is 1. The average molecular weight is 494 g/mol. The van der Waals surface area contributed by atoms with Crippen LogP contribution in [-0.4, -0.2) is 22.6 Å². The van der Waals surface area contributed by atoms with Crippen LogP contribution in [0.15, 0.2) is 109 Å². The molecule has 0 bridgehead atoms. The zero-order valence-corrected chi connectivity index (χ0v) is 20.1. The van der Waals surface area contributed by atoms with Gasteiger partial charge in [0, 0.05) is 0 Å². The topological polar surface area (TPSA) is 110 Å². The fourth-order valence-electron chi connectivity index (χ4n) is 4.84. The van der Waals surface area contributed by atoms with E-state index in [1.165, 1.54) is 15.9 Å². The molecule has 1 aliphatic rings. The van der Waals surface area contributed by atoms with Crippen LogP contribution in [0, 0.1) is 0 Å². The van der Waals surface area contributed by atoms with Gasteiger partial charge in [-0.3, -0.25) is 4.55 Å². The van der Waals surface area contributed by atoms with E-state index in [1.54, 1.807) is 6.07 Å². The normalized spacial score (nSPS) is 18.2. The van der Waals surface area contributed by atoms with Crippen molar-refractivity contribution in [2.24, 2.45) is 0 Å². The fraction of sp³-hybridized carbons (Fsp3) is 0.0769. The second-order valence-electron chi connectivity index (χ2n) is 8.00. The highest BCUT2D eigenvalue weighted by Gasteiger charge is 2.67. The molecule has 0 fully saturated rings. The van der Waals surface area contributed by atoms with E-state index in [1.807, 2.05) is 12.1 Å². The lowest BCUT2D eigenvalue weighted by atomic mass is 10.1. The van der Waals surface area contributed by atoms with Gasteiger partial charge in [0.2, 0.25) is 10.4 Å². The Morgan fingerprint density at radius 2 is 1.21 bits per heavy atom. The summed E-state index contributed by atoms with van der Waals surface area (Å²) in [5, 5.41) is 18.2. The number of hydrogen-bond acceptors (Lipinski definition) is 5. The molecule has 1 aliphatic heterocycles. The lowest BCUT2D eigenvalue weighted by molar-refractivity contribution is 0.366. The van der Waals surface area contributed by atoms with Crippen molar-refractivity contribution in [1.82, 2.24) is 0 Å². The van der Waals surface area contributed by atoms with Gasteiger partial charge in [0.1, 0.15) is 28.9 Å². The number of phenolic OH excluding ortho intramolecular Hbond substituents is 1. The summed E-state index contributed by atoms with van der Waals surface area (Å²) in [6.45, 7) is 2.25. The molecule has 1 atom stereocenters. The van der Waals surface area contributed by atoms with Crippen molar-refractivity contribution < 1.29 is 22.6 Å². The molecule has 0 saturated heterocycles. The van der Waals surface area contributed by atoms with E-state index in [0.29, 0.717) is 5.75 Å². The van der Waals surface area contributed by atoms with Gasteiger partial charge in [-0.15, -0.1) is 0 Å². The Bertz CT molecular complexity index is 1350. The molecular formula is C26H24NO5PS. The second-order valence-corrected chi connectivity index (χ2v) is 12.6. The summed E-state index contributed by atoms with van der Waals surface area (Å²) in [6.07, 6.45) is 0. The van der Waals surface area contributed by atoms with Crippen LogP contribution in [0.3, 0.4) is 0 Å². The van der Waals surface area contributed by atoms with Crippen molar-refractivity contribution in [3.8, 4) is 5.75 Å². The monoisotopic (exact) mass is 493 g/mol. The number of aromatic hydroxyl groups is 1. The van der Waals surface area contributed by atoms with E-state index in [9.17, 15) is 5.11 Å². The maximum Gasteiger partial charge on any atom is 0.215 e. The summed E-state index contributed by atoms with van der Waals surface area (Å²) >= 11 is 0. The minimum Gasteiger partial charge on any atom is -0.726 e. The minimum atomic E-state index is -4.92. The summed E-state index contributed by atoms with van der Waals surface area (Å²) in [7, 11) is -7.10. The lowest BCUT2D eigenvalue weighted by Crippen LogP contribution is -2.42. The summed E-state index contributed by atoms with van der Waals surface area (Å²) < 4.78 is 32.8. The third kappa shape index (κ3) is 4.19. The molecule has 3 N–H and O–H groups in total. The molecule has 174 valence electrons. The van der Waals surface area contributed by atoms with Gasteiger partial charge in [0.05, 0.1) is 11.3 Å². The summed E-state index contributed by atoms with van der Waals surface area (Å²) in [5.41, 5.74) is 2.07. The molecule has 4 aromatic carbocycles. The third-order valence-corrected chi connectivity index (χ3v) is 11.0. The molecule has 34 heavy (non-hydrogen) atoms. The summed E-state index contributed by atoms with van der Waals surface area (Å²) in [4.78, 5) is 0. The average Bonchev–Trinajstić information content (AvgIpc) is 3.09. The van der Waals surface area contributed by atoms with E-state index in [4.69, 9.17) is 17.5 Å². The summed E-state index contributed by atoms with van der Waals surface area (Å²) in [6, 6.07) is 37.9. The van der Waals surface area contributed by atoms with Gasteiger partial charge in [0.15, 0.2) is 5.28 Å². The number of benzene rings is 4. The highest BCUT2D eigenvalue weighted by Crippen LogP contribution is 2.74. The Labute approximate surface area is 199 Å². The van der Waals surface area contributed by atoms with Crippen molar-refractivity contribution >= 4 is 39.3 Å². The zero-order valence-electron chi connectivity index (χ0n) is 18.4. The molecule has 5 rings (SSSR count). The molecule has 0 aromatic heterocycles. The first-order chi connectivity index (χ1) is 16.2. The van der Waals surface area contributed by atoms with E-state index < -0.39 is 22.9 Å². The number of anilines is 1. The van der Waals surface area contributed by atoms with Gasteiger partial charge in [-0.2, -0.15) is 0 Å². The Morgan fingerprint density at radius 3 is 1.74 bits per heavy atom. The maximum absolute atomic E-state index is 10.9.